The first-order valence-corrected chi connectivity index (χ1v) is 9.16. The first kappa shape index (κ1) is 15.5. The highest BCUT2D eigenvalue weighted by Crippen LogP contribution is 2.27. The monoisotopic (exact) mass is 337 g/mol. The van der Waals surface area contributed by atoms with Crippen LogP contribution < -0.4 is 5.32 Å². The van der Waals surface area contributed by atoms with Gasteiger partial charge in [0.2, 0.25) is 0 Å². The molecule has 0 aromatic carbocycles. The second kappa shape index (κ2) is 6.76. The lowest BCUT2D eigenvalue weighted by molar-refractivity contribution is -0.0640. The van der Waals surface area contributed by atoms with Crippen molar-refractivity contribution in [3.8, 4) is 0 Å². The Hall–Kier alpha value is -1.44. The van der Waals surface area contributed by atoms with Crippen molar-refractivity contribution in [1.82, 2.24) is 9.88 Å². The van der Waals surface area contributed by atoms with Crippen LogP contribution in [0, 0.1) is 0 Å². The Kier molecular flexibility index (Phi) is 4.75. The number of carbonyl (C=O) groups excluding carboxylic acids is 1. The summed E-state index contributed by atoms with van der Waals surface area (Å²) in [6.07, 6.45) is 0.844. The van der Waals surface area contributed by atoms with Gasteiger partial charge in [0, 0.05) is 11.9 Å². The average molecular weight is 337 g/mol. The van der Waals surface area contributed by atoms with E-state index >= 15 is 0 Å². The molecule has 1 fully saturated rings. The number of carbonyl (C=O) groups is 1. The maximum atomic E-state index is 12.5. The number of thiophene rings is 1. The Labute approximate surface area is 137 Å². The molecule has 0 bridgehead atoms. The van der Waals surface area contributed by atoms with Crippen LogP contribution in [-0.4, -0.2) is 35.1 Å². The Balaban J connectivity index is 1.66. The Bertz CT molecular complexity index is 627. The minimum absolute atomic E-state index is 0.0203. The van der Waals surface area contributed by atoms with E-state index in [2.05, 4.69) is 28.7 Å². The number of aryl methyl sites for hydroxylation is 1. The van der Waals surface area contributed by atoms with Crippen molar-refractivity contribution in [1.29, 1.82) is 0 Å². The number of thiazole rings is 1. The van der Waals surface area contributed by atoms with Gasteiger partial charge in [0.1, 0.15) is 6.10 Å². The number of ether oxygens (including phenoxy) is 1. The highest BCUT2D eigenvalue weighted by atomic mass is 32.1. The number of urea groups is 1. The van der Waals surface area contributed by atoms with E-state index in [1.54, 1.807) is 11.3 Å². The zero-order chi connectivity index (χ0) is 15.5. The van der Waals surface area contributed by atoms with Crippen LogP contribution in [0.15, 0.2) is 22.2 Å². The second-order valence-electron chi connectivity index (χ2n) is 5.32. The number of nitrogens with zero attached hydrogens (tertiary/aromatic N) is 2. The molecule has 2 aromatic heterocycles. The van der Waals surface area contributed by atoms with Gasteiger partial charge in [-0.3, -0.25) is 5.32 Å². The van der Waals surface area contributed by atoms with Gasteiger partial charge in [0.25, 0.3) is 0 Å². The van der Waals surface area contributed by atoms with Gasteiger partial charge in [-0.2, -0.15) is 11.3 Å². The molecule has 2 atom stereocenters. The van der Waals surface area contributed by atoms with Crippen molar-refractivity contribution in [2.75, 3.05) is 18.4 Å². The molecule has 22 heavy (non-hydrogen) atoms. The molecular weight excluding hydrogens is 318 g/mol. The summed E-state index contributed by atoms with van der Waals surface area (Å²) < 4.78 is 5.95. The van der Waals surface area contributed by atoms with E-state index in [1.807, 2.05) is 22.6 Å². The number of anilines is 1. The molecule has 1 N–H and O–H groups in total. The summed E-state index contributed by atoms with van der Waals surface area (Å²) in [6, 6.07) is 1.95. The van der Waals surface area contributed by atoms with Crippen molar-refractivity contribution < 1.29 is 9.53 Å². The lowest BCUT2D eigenvalue weighted by Crippen LogP contribution is -2.47. The molecular formula is C15H19N3O2S2. The van der Waals surface area contributed by atoms with Gasteiger partial charge in [0.15, 0.2) is 5.13 Å². The predicted octanol–water partition coefficient (Wildman–Crippen LogP) is 3.76. The Morgan fingerprint density at radius 1 is 1.50 bits per heavy atom. The first-order valence-electron chi connectivity index (χ1n) is 7.33. The standard InChI is InChI=1S/C15H19N3O2S2/c1-3-12-9-22-14(16-12)17-15(19)18-6-10(2)20-13(7-18)11-4-5-21-8-11/h4-5,8-10,13H,3,6-7H2,1-2H3,(H,16,17,19)/t10-,13+/m0/s1. The fraction of sp³-hybridized carbons (Fsp3) is 0.467. The van der Waals surface area contributed by atoms with Crippen molar-refractivity contribution >= 4 is 33.8 Å². The van der Waals surface area contributed by atoms with Gasteiger partial charge < -0.3 is 9.64 Å². The second-order valence-corrected chi connectivity index (χ2v) is 6.96. The van der Waals surface area contributed by atoms with E-state index in [-0.39, 0.29) is 18.2 Å². The van der Waals surface area contributed by atoms with E-state index in [0.717, 1.165) is 17.7 Å². The fourth-order valence-corrected chi connectivity index (χ4v) is 3.94. The van der Waals surface area contributed by atoms with E-state index in [4.69, 9.17) is 4.74 Å². The molecule has 0 aliphatic carbocycles. The smallest absolute Gasteiger partial charge is 0.323 e. The molecule has 2 aromatic rings. The average Bonchev–Trinajstić information content (AvgIpc) is 3.18. The van der Waals surface area contributed by atoms with Crippen LogP contribution in [0.25, 0.3) is 0 Å². The molecule has 1 saturated heterocycles. The van der Waals surface area contributed by atoms with Crippen LogP contribution in [0.1, 0.15) is 31.2 Å². The Morgan fingerprint density at radius 3 is 3.05 bits per heavy atom. The highest BCUT2D eigenvalue weighted by Gasteiger charge is 2.29. The van der Waals surface area contributed by atoms with Crippen LogP contribution >= 0.6 is 22.7 Å². The molecule has 1 aliphatic heterocycles. The molecule has 3 heterocycles. The van der Waals surface area contributed by atoms with Gasteiger partial charge in [-0.15, -0.1) is 11.3 Å². The summed E-state index contributed by atoms with van der Waals surface area (Å²) in [7, 11) is 0. The van der Waals surface area contributed by atoms with E-state index in [1.165, 1.54) is 11.3 Å². The summed E-state index contributed by atoms with van der Waals surface area (Å²) in [5.74, 6) is 0. The van der Waals surface area contributed by atoms with Gasteiger partial charge in [0.05, 0.1) is 18.3 Å². The van der Waals surface area contributed by atoms with Gasteiger partial charge in [-0.05, 0) is 35.7 Å². The molecule has 0 radical (unpaired) electrons. The van der Waals surface area contributed by atoms with Crippen LogP contribution in [0.2, 0.25) is 0 Å². The van der Waals surface area contributed by atoms with Crippen LogP contribution in [0.3, 0.4) is 0 Å². The van der Waals surface area contributed by atoms with Crippen LogP contribution in [0.4, 0.5) is 9.93 Å². The fourth-order valence-electron chi connectivity index (χ4n) is 2.46. The molecule has 0 spiro atoms. The van der Waals surface area contributed by atoms with Gasteiger partial charge in [-0.1, -0.05) is 6.92 Å². The summed E-state index contributed by atoms with van der Waals surface area (Å²) >= 11 is 3.11. The molecule has 3 rings (SSSR count). The zero-order valence-electron chi connectivity index (χ0n) is 12.6. The van der Waals surface area contributed by atoms with Crippen LogP contribution in [-0.2, 0) is 11.2 Å². The third-order valence-corrected chi connectivity index (χ3v) is 5.10. The lowest BCUT2D eigenvalue weighted by atomic mass is 10.1. The van der Waals surface area contributed by atoms with E-state index in [9.17, 15) is 4.79 Å². The van der Waals surface area contributed by atoms with Gasteiger partial charge >= 0.3 is 6.03 Å². The normalized spacial score (nSPS) is 21.8. The molecule has 5 nitrogen and oxygen atoms in total. The van der Waals surface area contributed by atoms with Crippen LogP contribution in [0.5, 0.6) is 0 Å². The zero-order valence-corrected chi connectivity index (χ0v) is 14.2. The predicted molar refractivity (Wildman–Crippen MR) is 89.7 cm³/mol. The third-order valence-electron chi connectivity index (χ3n) is 3.59. The number of hydrogen-bond donors (Lipinski definition) is 1. The molecule has 7 heteroatoms. The summed E-state index contributed by atoms with van der Waals surface area (Å²) in [6.45, 7) is 5.21. The molecule has 0 unspecified atom stereocenters. The number of morpholine rings is 1. The number of aromatic nitrogens is 1. The van der Waals surface area contributed by atoms with Crippen molar-refractivity contribution in [2.45, 2.75) is 32.5 Å². The summed E-state index contributed by atoms with van der Waals surface area (Å²) in [5.41, 5.74) is 2.14. The van der Waals surface area contributed by atoms with Crippen molar-refractivity contribution in [3.05, 3.63) is 33.5 Å². The largest absolute Gasteiger partial charge is 0.367 e. The third kappa shape index (κ3) is 3.48. The summed E-state index contributed by atoms with van der Waals surface area (Å²) in [4.78, 5) is 18.6. The molecule has 2 amide bonds. The molecule has 0 saturated carbocycles. The number of rotatable bonds is 3. The topological polar surface area (TPSA) is 54.5 Å². The minimum Gasteiger partial charge on any atom is -0.367 e. The number of hydrogen-bond acceptors (Lipinski definition) is 5. The lowest BCUT2D eigenvalue weighted by Gasteiger charge is -2.36. The Morgan fingerprint density at radius 2 is 2.36 bits per heavy atom. The van der Waals surface area contributed by atoms with Crippen molar-refractivity contribution in [3.63, 3.8) is 0 Å². The minimum atomic E-state index is -0.104. The summed E-state index contributed by atoms with van der Waals surface area (Å²) in [5, 5.41) is 9.64. The number of nitrogens with one attached hydrogen (secondary N) is 1. The first-order chi connectivity index (χ1) is 10.7. The van der Waals surface area contributed by atoms with Crippen molar-refractivity contribution in [2.24, 2.45) is 0 Å². The highest BCUT2D eigenvalue weighted by molar-refractivity contribution is 7.13. The molecule has 118 valence electrons. The van der Waals surface area contributed by atoms with E-state index < -0.39 is 0 Å². The van der Waals surface area contributed by atoms with Gasteiger partial charge in [-0.25, -0.2) is 9.78 Å². The number of amides is 2. The maximum Gasteiger partial charge on any atom is 0.323 e. The maximum absolute atomic E-state index is 12.5. The SMILES string of the molecule is CCc1csc(NC(=O)N2C[C@H](C)O[C@@H](c3ccsc3)C2)n1. The quantitative estimate of drug-likeness (QED) is 0.928. The molecule has 1 aliphatic rings. The van der Waals surface area contributed by atoms with E-state index in [0.29, 0.717) is 18.2 Å².